The Balaban J connectivity index is 1.61. The molecule has 7 heteroatoms. The van der Waals surface area contributed by atoms with Crippen molar-refractivity contribution in [2.24, 2.45) is 11.8 Å². The Morgan fingerprint density at radius 2 is 1.78 bits per heavy atom. The number of aryl methyl sites for hydroxylation is 1. The van der Waals surface area contributed by atoms with Crippen LogP contribution < -0.4 is 4.90 Å². The van der Waals surface area contributed by atoms with Crippen LogP contribution in [-0.2, 0) is 14.4 Å². The van der Waals surface area contributed by atoms with Crippen LogP contribution in [0.2, 0.25) is 0 Å². The number of rotatable bonds is 4. The first-order valence-electron chi connectivity index (χ1n) is 8.86. The van der Waals surface area contributed by atoms with E-state index in [2.05, 4.69) is 4.98 Å². The largest absolute Gasteiger partial charge is 0.274 e. The molecule has 1 aromatic carbocycles. The highest BCUT2D eigenvalue weighted by Gasteiger charge is 2.48. The van der Waals surface area contributed by atoms with Crippen LogP contribution in [0, 0.1) is 18.8 Å². The normalized spacial score (nSPS) is 21.4. The smallest absolute Gasteiger partial charge is 0.253 e. The van der Waals surface area contributed by atoms with Gasteiger partial charge in [-0.15, -0.1) is 11.3 Å². The molecule has 0 N–H and O–H groups in total. The van der Waals surface area contributed by atoms with Crippen molar-refractivity contribution in [2.75, 3.05) is 11.4 Å². The van der Waals surface area contributed by atoms with Crippen LogP contribution in [0.5, 0.6) is 0 Å². The molecule has 0 unspecified atom stereocenters. The number of para-hydroxylation sites is 1. The third-order valence-electron chi connectivity index (χ3n) is 4.95. The van der Waals surface area contributed by atoms with Gasteiger partial charge in [0.25, 0.3) is 5.91 Å². The fourth-order valence-electron chi connectivity index (χ4n) is 3.61. The molecule has 1 fully saturated rings. The van der Waals surface area contributed by atoms with Gasteiger partial charge in [0.15, 0.2) is 5.13 Å². The van der Waals surface area contributed by atoms with Crippen molar-refractivity contribution in [3.63, 3.8) is 0 Å². The lowest BCUT2D eigenvalue weighted by Gasteiger charge is -2.23. The summed E-state index contributed by atoms with van der Waals surface area (Å²) in [7, 11) is 0. The van der Waals surface area contributed by atoms with Gasteiger partial charge >= 0.3 is 0 Å². The van der Waals surface area contributed by atoms with Gasteiger partial charge in [-0.25, -0.2) is 4.98 Å². The van der Waals surface area contributed by atoms with Crippen molar-refractivity contribution < 1.29 is 14.4 Å². The van der Waals surface area contributed by atoms with Crippen LogP contribution in [0.25, 0.3) is 0 Å². The second-order valence-electron chi connectivity index (χ2n) is 6.75. The topological polar surface area (TPSA) is 70.6 Å². The fourth-order valence-corrected chi connectivity index (χ4v) is 4.45. The summed E-state index contributed by atoms with van der Waals surface area (Å²) in [5, 5.41) is 2.40. The van der Waals surface area contributed by atoms with E-state index in [1.54, 1.807) is 0 Å². The standard InChI is InChI=1S/C20H19N3O3S/c1-13-12-27-20(21-13)23(14-7-3-2-4-8-14)17(24)11-22-18(25)15-9-5-6-10-16(15)19(22)26/h2-8,12,15-16H,9-11H2,1H3/t15-,16-/m1/s1. The highest BCUT2D eigenvalue weighted by Crippen LogP contribution is 2.35. The third-order valence-corrected chi connectivity index (χ3v) is 5.90. The number of imide groups is 1. The maximum atomic E-state index is 13.1. The fraction of sp³-hybridized carbons (Fsp3) is 0.300. The Labute approximate surface area is 161 Å². The molecule has 0 radical (unpaired) electrons. The average Bonchev–Trinajstić information content (AvgIpc) is 3.20. The molecule has 1 saturated heterocycles. The number of thiazole rings is 1. The highest BCUT2D eigenvalue weighted by molar-refractivity contribution is 7.14. The zero-order valence-electron chi connectivity index (χ0n) is 14.9. The molecule has 4 rings (SSSR count). The summed E-state index contributed by atoms with van der Waals surface area (Å²) in [5.74, 6) is -1.49. The molecule has 2 atom stereocenters. The Hall–Kier alpha value is -2.80. The number of hydrogen-bond acceptors (Lipinski definition) is 5. The van der Waals surface area contributed by atoms with Gasteiger partial charge in [0.1, 0.15) is 6.54 Å². The van der Waals surface area contributed by atoms with E-state index in [1.165, 1.54) is 16.2 Å². The Morgan fingerprint density at radius 3 is 2.33 bits per heavy atom. The lowest BCUT2D eigenvalue weighted by molar-refractivity contribution is -0.143. The molecule has 27 heavy (non-hydrogen) atoms. The van der Waals surface area contributed by atoms with Crippen LogP contribution in [0.4, 0.5) is 10.8 Å². The lowest BCUT2D eigenvalue weighted by Crippen LogP contribution is -2.41. The van der Waals surface area contributed by atoms with Gasteiger partial charge in [0.05, 0.1) is 23.2 Å². The van der Waals surface area contributed by atoms with Crippen LogP contribution in [0.3, 0.4) is 0 Å². The van der Waals surface area contributed by atoms with Crippen molar-refractivity contribution >= 4 is 39.9 Å². The zero-order valence-corrected chi connectivity index (χ0v) is 15.7. The number of fused-ring (bicyclic) bond motifs is 1. The molecule has 1 aliphatic heterocycles. The molecule has 1 aliphatic carbocycles. The second-order valence-corrected chi connectivity index (χ2v) is 7.59. The van der Waals surface area contributed by atoms with E-state index in [-0.39, 0.29) is 36.1 Å². The first kappa shape index (κ1) is 17.6. The van der Waals surface area contributed by atoms with Crippen LogP contribution in [0.15, 0.2) is 47.9 Å². The minimum atomic E-state index is -0.344. The number of likely N-dealkylation sites (tertiary alicyclic amines) is 1. The summed E-state index contributed by atoms with van der Waals surface area (Å²) >= 11 is 1.36. The number of allylic oxidation sites excluding steroid dienone is 2. The number of nitrogens with zero attached hydrogens (tertiary/aromatic N) is 3. The second kappa shape index (κ2) is 7.08. The van der Waals surface area contributed by atoms with Crippen molar-refractivity contribution in [1.82, 2.24) is 9.88 Å². The van der Waals surface area contributed by atoms with E-state index in [1.807, 2.05) is 54.8 Å². The van der Waals surface area contributed by atoms with Gasteiger partial charge in [0, 0.05) is 5.38 Å². The average molecular weight is 381 g/mol. The van der Waals surface area contributed by atoms with Crippen molar-refractivity contribution in [2.45, 2.75) is 19.8 Å². The Bertz CT molecular complexity index is 896. The van der Waals surface area contributed by atoms with E-state index < -0.39 is 0 Å². The molecule has 6 nitrogen and oxygen atoms in total. The van der Waals surface area contributed by atoms with Gasteiger partial charge < -0.3 is 0 Å². The molecular weight excluding hydrogens is 362 g/mol. The Kier molecular flexibility index (Phi) is 4.61. The SMILES string of the molecule is Cc1csc(N(C(=O)CN2C(=O)[C@@H]3CC=CC[C@H]3C2=O)c2ccccc2)n1. The predicted molar refractivity (Wildman–Crippen MR) is 103 cm³/mol. The molecule has 0 bridgehead atoms. The molecule has 2 heterocycles. The first-order valence-corrected chi connectivity index (χ1v) is 9.74. The maximum Gasteiger partial charge on any atom is 0.253 e. The predicted octanol–water partition coefficient (Wildman–Crippen LogP) is 3.07. The van der Waals surface area contributed by atoms with Gasteiger partial charge in [-0.05, 0) is 31.9 Å². The molecule has 138 valence electrons. The summed E-state index contributed by atoms with van der Waals surface area (Å²) in [6, 6.07) is 9.16. The monoisotopic (exact) mass is 381 g/mol. The van der Waals surface area contributed by atoms with Gasteiger partial charge in [-0.2, -0.15) is 0 Å². The molecule has 0 saturated carbocycles. The number of hydrogen-bond donors (Lipinski definition) is 0. The zero-order chi connectivity index (χ0) is 19.0. The lowest BCUT2D eigenvalue weighted by atomic mass is 9.85. The van der Waals surface area contributed by atoms with Crippen molar-refractivity contribution in [1.29, 1.82) is 0 Å². The number of anilines is 2. The first-order chi connectivity index (χ1) is 13.1. The van der Waals surface area contributed by atoms with E-state index >= 15 is 0 Å². The summed E-state index contributed by atoms with van der Waals surface area (Å²) < 4.78 is 0. The van der Waals surface area contributed by atoms with Crippen LogP contribution in [-0.4, -0.2) is 34.2 Å². The quantitative estimate of drug-likeness (QED) is 0.603. The van der Waals surface area contributed by atoms with E-state index in [0.717, 1.165) is 10.6 Å². The van der Waals surface area contributed by atoms with Crippen molar-refractivity contribution in [3.05, 3.63) is 53.6 Å². The minimum Gasteiger partial charge on any atom is -0.274 e. The van der Waals surface area contributed by atoms with E-state index in [0.29, 0.717) is 23.7 Å². The molecule has 1 aromatic heterocycles. The van der Waals surface area contributed by atoms with E-state index in [4.69, 9.17) is 0 Å². The Morgan fingerprint density at radius 1 is 1.15 bits per heavy atom. The number of carbonyl (C=O) groups is 3. The highest BCUT2D eigenvalue weighted by atomic mass is 32.1. The van der Waals surface area contributed by atoms with Crippen molar-refractivity contribution in [3.8, 4) is 0 Å². The summed E-state index contributed by atoms with van der Waals surface area (Å²) in [6.07, 6.45) is 5.00. The number of carbonyl (C=O) groups excluding carboxylic acids is 3. The number of amides is 3. The molecule has 2 aliphatic rings. The number of benzene rings is 1. The summed E-state index contributed by atoms with van der Waals surface area (Å²) in [6.45, 7) is 1.59. The van der Waals surface area contributed by atoms with Gasteiger partial charge in [-0.3, -0.25) is 24.2 Å². The maximum absolute atomic E-state index is 13.1. The number of aromatic nitrogens is 1. The summed E-state index contributed by atoms with van der Waals surface area (Å²) in [5.41, 5.74) is 1.48. The van der Waals surface area contributed by atoms with Gasteiger partial charge in [0.2, 0.25) is 11.8 Å². The van der Waals surface area contributed by atoms with E-state index in [9.17, 15) is 14.4 Å². The minimum absolute atomic E-state index is 0.244. The summed E-state index contributed by atoms with van der Waals surface area (Å²) in [4.78, 5) is 45.5. The molecular formula is C20H19N3O3S. The van der Waals surface area contributed by atoms with Crippen LogP contribution in [0.1, 0.15) is 18.5 Å². The molecule has 3 amide bonds. The molecule has 2 aromatic rings. The van der Waals surface area contributed by atoms with Crippen LogP contribution >= 0.6 is 11.3 Å². The van der Waals surface area contributed by atoms with Gasteiger partial charge in [-0.1, -0.05) is 30.4 Å². The third kappa shape index (κ3) is 3.19. The molecule has 0 spiro atoms.